The lowest BCUT2D eigenvalue weighted by Gasteiger charge is -2.61. The minimum absolute atomic E-state index is 0.0224. The first-order chi connectivity index (χ1) is 40.3. The number of nitrogens with one attached hydrogen (secondary N) is 2. The van der Waals surface area contributed by atoms with Crippen LogP contribution in [0.5, 0.6) is 5.75 Å². The molecule has 3 heterocycles. The summed E-state index contributed by atoms with van der Waals surface area (Å²) >= 11 is 2.64. The number of aromatic nitrogens is 1. The summed E-state index contributed by atoms with van der Waals surface area (Å²) in [6, 6.07) is 3.15. The van der Waals surface area contributed by atoms with Crippen LogP contribution in [0.1, 0.15) is 169 Å². The summed E-state index contributed by atoms with van der Waals surface area (Å²) in [5.41, 5.74) is 1.44. The Morgan fingerprint density at radius 3 is 2.35 bits per heavy atom. The van der Waals surface area contributed by atoms with Gasteiger partial charge < -0.3 is 45.2 Å². The van der Waals surface area contributed by atoms with Crippen LogP contribution in [0.2, 0.25) is 0 Å². The molecule has 5 fully saturated rings. The van der Waals surface area contributed by atoms with E-state index in [0.29, 0.717) is 123 Å². The quantitative estimate of drug-likeness (QED) is 0.0458. The van der Waals surface area contributed by atoms with E-state index in [9.17, 15) is 53.7 Å². The molecule has 1 aromatic carbocycles. The number of Topliss-reactive ketones (excluding diaryl/α,β-unsaturated/α-hetero) is 2. The molecule has 1 aromatic heterocycles. The number of carbonyl (C=O) groups excluding carboxylic acids is 6. The number of ketones is 2. The van der Waals surface area contributed by atoms with Crippen LogP contribution >= 0.6 is 23.1 Å². The number of allylic oxidation sites excluding steroid dienone is 4. The van der Waals surface area contributed by atoms with E-state index in [-0.39, 0.29) is 109 Å². The van der Waals surface area contributed by atoms with Crippen LogP contribution in [0.25, 0.3) is 10.2 Å². The minimum atomic E-state index is -1.09. The smallest absolute Gasteiger partial charge is 0.415 e. The highest BCUT2D eigenvalue weighted by Crippen LogP contribution is 2.71. The molecule has 4 saturated carbocycles. The number of carbonyl (C=O) groups is 8. The van der Waals surface area contributed by atoms with E-state index < -0.39 is 35.5 Å². The SMILES string of the molecule is CC1=C(C)C(=O)C(C(C)(C)CC(=O)N(C)CCN(CCCCCC(=O)NCCCCC(NC(=O)CC[C@H]2O[C@H]3C[C@H]4[C@@H](CC[C@@H]5C[C@H](O)CC[C@@]54C)[C@@H]4CC[C@H]2[C@@]34C)C(=O)O)C(=O)Oc2ccc3nc(C4=NC(C(=O)O)CS4)sc3c2)=C(C)C1=O. The summed E-state index contributed by atoms with van der Waals surface area (Å²) in [6.45, 7) is 14.2. The molecule has 464 valence electrons. The molecule has 4 amide bonds. The van der Waals surface area contributed by atoms with Gasteiger partial charge >= 0.3 is 18.0 Å². The molecule has 5 N–H and O–H groups in total. The Labute approximate surface area is 507 Å². The average molecular weight is 1210 g/mol. The third-order valence-corrected chi connectivity index (χ3v) is 23.2. The van der Waals surface area contributed by atoms with Crippen molar-refractivity contribution >= 4 is 85.7 Å². The number of fused-ring (bicyclic) bond motifs is 5. The number of aliphatic carboxylic acids is 2. The number of carboxylic acid groups (broad SMARTS) is 2. The number of benzene rings is 1. The van der Waals surface area contributed by atoms with Gasteiger partial charge in [0.05, 0.1) is 28.5 Å². The molecule has 12 atom stereocenters. The van der Waals surface area contributed by atoms with Crippen LogP contribution in [0.4, 0.5) is 4.79 Å². The number of likely N-dealkylation sites (N-methyl/N-ethyl adjacent to an activating group) is 1. The van der Waals surface area contributed by atoms with Gasteiger partial charge in [0.25, 0.3) is 0 Å². The van der Waals surface area contributed by atoms with Crippen LogP contribution < -0.4 is 15.4 Å². The molecule has 9 rings (SSSR count). The number of nitrogens with zero attached hydrogens (tertiary/aromatic N) is 4. The fourth-order valence-electron chi connectivity index (χ4n) is 16.0. The largest absolute Gasteiger partial charge is 0.480 e. The number of aliphatic hydroxyl groups is 1. The predicted molar refractivity (Wildman–Crippen MR) is 324 cm³/mol. The zero-order valence-corrected chi connectivity index (χ0v) is 52.4. The molecular weight excluding hydrogens is 1120 g/mol. The second kappa shape index (κ2) is 26.4. The lowest BCUT2D eigenvalue weighted by molar-refractivity contribution is -0.156. The summed E-state index contributed by atoms with van der Waals surface area (Å²) < 4.78 is 13.5. The molecule has 0 radical (unpaired) electrons. The molecule has 2 aromatic rings. The fourth-order valence-corrected chi connectivity index (χ4v) is 18.1. The number of hydrogen-bond acceptors (Lipinski definition) is 15. The van der Waals surface area contributed by atoms with Crippen LogP contribution in [-0.4, -0.2) is 152 Å². The van der Waals surface area contributed by atoms with Gasteiger partial charge in [0.15, 0.2) is 17.6 Å². The van der Waals surface area contributed by atoms with Crippen LogP contribution in [0, 0.1) is 45.8 Å². The molecule has 2 unspecified atom stereocenters. The fraction of sp³-hybridized carbons (Fsp3) is 0.688. The van der Waals surface area contributed by atoms with Crippen molar-refractivity contribution in [2.24, 2.45) is 50.8 Å². The maximum Gasteiger partial charge on any atom is 0.415 e. The maximum absolute atomic E-state index is 14.0. The number of rotatable bonds is 25. The Hall–Kier alpha value is -5.51. The van der Waals surface area contributed by atoms with Crippen LogP contribution in [0.3, 0.4) is 0 Å². The monoisotopic (exact) mass is 1210 g/mol. The van der Waals surface area contributed by atoms with E-state index in [4.69, 9.17) is 9.47 Å². The number of thioether (sulfide) groups is 1. The third-order valence-electron chi connectivity index (χ3n) is 21.0. The third kappa shape index (κ3) is 13.6. The van der Waals surface area contributed by atoms with Gasteiger partial charge in [0, 0.05) is 97.4 Å². The highest BCUT2D eigenvalue weighted by Gasteiger charge is 2.68. The number of aliphatic hydroxyl groups excluding tert-OH is 1. The number of ether oxygens (including phenoxy) is 2. The van der Waals surface area contributed by atoms with Crippen molar-refractivity contribution in [2.45, 2.75) is 194 Å². The standard InChI is InChI=1S/C64H88N6O13S2/c1-35-36(2)56(76)54(37(3)55(35)75)62(4,5)33-53(74)69(8)28-29-70(61(81)82-40-17-21-45-49(31-40)85-58(67-45)57-68-47(34-84-57)60(79)80)27-13-9-10-15-51(72)65-26-12-11-14-46(59(77)78)66-52(73)23-22-48-43-20-19-42-41-18-16-38-30-39(71)24-25-63(38,6)44(41)32-50(83-48)64(42,43)7/h17,21,31,38-39,41-44,46-48,50,71H,9-16,18-20,22-30,32-34H2,1-8H3,(H,65,72)(H,66,73)(H,77,78)(H,79,80)/t38-,39-,41+,42+,43-,44+,46?,47?,48-,50+,63+,64+/m1/s1. The summed E-state index contributed by atoms with van der Waals surface area (Å²) in [6.07, 6.45) is 11.8. The van der Waals surface area contributed by atoms with Gasteiger partial charge in [-0.3, -0.25) is 29.0 Å². The van der Waals surface area contributed by atoms with E-state index in [1.807, 2.05) is 0 Å². The lowest BCUT2D eigenvalue weighted by Crippen LogP contribution is -2.57. The number of carboxylic acids is 2. The topological polar surface area (TPSA) is 272 Å². The van der Waals surface area contributed by atoms with Crippen LogP contribution in [0.15, 0.2) is 45.5 Å². The Morgan fingerprint density at radius 1 is 0.859 bits per heavy atom. The predicted octanol–water partition coefficient (Wildman–Crippen LogP) is 9.32. The van der Waals surface area contributed by atoms with E-state index in [1.165, 1.54) is 52.2 Å². The second-order valence-corrected chi connectivity index (χ2v) is 28.6. The molecule has 5 aliphatic carbocycles. The van der Waals surface area contributed by atoms with Gasteiger partial charge in [-0.1, -0.05) is 34.1 Å². The first-order valence-electron chi connectivity index (χ1n) is 31.0. The Bertz CT molecular complexity index is 3040. The molecule has 7 aliphatic rings. The minimum Gasteiger partial charge on any atom is -0.480 e. The number of hydrogen-bond donors (Lipinski definition) is 5. The maximum atomic E-state index is 14.0. The molecule has 19 nitrogen and oxygen atoms in total. The van der Waals surface area contributed by atoms with E-state index >= 15 is 0 Å². The molecular formula is C64H88N6O13S2. The lowest BCUT2D eigenvalue weighted by atomic mass is 9.44. The molecule has 0 bridgehead atoms. The van der Waals surface area contributed by atoms with Gasteiger partial charge in [-0.15, -0.1) is 23.1 Å². The van der Waals surface area contributed by atoms with Gasteiger partial charge in [-0.2, -0.15) is 0 Å². The molecule has 21 heteroatoms. The molecule has 85 heavy (non-hydrogen) atoms. The van der Waals surface area contributed by atoms with Gasteiger partial charge in [-0.05, 0) is 158 Å². The number of amides is 4. The summed E-state index contributed by atoms with van der Waals surface area (Å²) in [5.74, 6) is 0.176. The Morgan fingerprint density at radius 2 is 1.61 bits per heavy atom. The number of thiazole rings is 1. The zero-order valence-electron chi connectivity index (χ0n) is 50.8. The first-order valence-corrected chi connectivity index (χ1v) is 32.8. The Balaban J connectivity index is 0.712. The first kappa shape index (κ1) is 64.0. The number of unbranched alkanes of at least 4 members (excludes halogenated alkanes) is 3. The number of aliphatic imine (C=N–C) groups is 1. The average Bonchev–Trinajstić information content (AvgIpc) is 1.66. The van der Waals surface area contributed by atoms with Crippen molar-refractivity contribution in [1.29, 1.82) is 0 Å². The van der Waals surface area contributed by atoms with Gasteiger partial charge in [0.2, 0.25) is 17.7 Å². The molecule has 1 saturated heterocycles. The van der Waals surface area contributed by atoms with E-state index in [1.54, 1.807) is 59.9 Å². The molecule has 2 aliphatic heterocycles. The van der Waals surface area contributed by atoms with Crippen LogP contribution in [-0.2, 0) is 38.3 Å². The van der Waals surface area contributed by atoms with Crippen molar-refractivity contribution in [1.82, 2.24) is 25.4 Å². The summed E-state index contributed by atoms with van der Waals surface area (Å²) in [5, 5.41) is 36.8. The molecule has 0 spiro atoms. The highest BCUT2D eigenvalue weighted by atomic mass is 32.2. The summed E-state index contributed by atoms with van der Waals surface area (Å²) in [4.78, 5) is 116. The summed E-state index contributed by atoms with van der Waals surface area (Å²) in [7, 11) is 1.62. The second-order valence-electron chi connectivity index (χ2n) is 26.6. The highest BCUT2D eigenvalue weighted by molar-refractivity contribution is 8.15. The van der Waals surface area contributed by atoms with Crippen molar-refractivity contribution in [3.8, 4) is 5.75 Å². The van der Waals surface area contributed by atoms with E-state index in [0.717, 1.165) is 32.1 Å². The van der Waals surface area contributed by atoms with Gasteiger partial charge in [0.1, 0.15) is 21.8 Å². The zero-order chi connectivity index (χ0) is 61.3. The van der Waals surface area contributed by atoms with Crippen molar-refractivity contribution in [3.63, 3.8) is 0 Å². The van der Waals surface area contributed by atoms with Gasteiger partial charge in [-0.25, -0.2) is 19.4 Å². The van der Waals surface area contributed by atoms with E-state index in [2.05, 4.69) is 34.5 Å². The Kier molecular flexibility index (Phi) is 19.9. The normalized spacial score (nSPS) is 29.2. The van der Waals surface area contributed by atoms with Crippen molar-refractivity contribution in [3.05, 3.63) is 45.5 Å². The van der Waals surface area contributed by atoms with Crippen molar-refractivity contribution < 1.29 is 63.1 Å². The van der Waals surface area contributed by atoms with Crippen molar-refractivity contribution in [2.75, 3.05) is 39.0 Å².